The number of rotatable bonds is 4. The van der Waals surface area contributed by atoms with Gasteiger partial charge in [0, 0.05) is 22.6 Å². The molecule has 1 aromatic rings. The van der Waals surface area contributed by atoms with Gasteiger partial charge in [-0.1, -0.05) is 12.1 Å². The van der Waals surface area contributed by atoms with E-state index in [9.17, 15) is 20.2 Å². The lowest BCUT2D eigenvalue weighted by Crippen LogP contribution is -2.20. The van der Waals surface area contributed by atoms with Gasteiger partial charge in [-0.05, 0) is 0 Å². The highest BCUT2D eigenvalue weighted by molar-refractivity contribution is 5.35. The third-order valence-corrected chi connectivity index (χ3v) is 1.94. The summed E-state index contributed by atoms with van der Waals surface area (Å²) in [4.78, 5) is 19.8. The molecule has 15 heavy (non-hydrogen) atoms. The second-order valence-corrected chi connectivity index (χ2v) is 2.89. The van der Waals surface area contributed by atoms with Crippen LogP contribution in [-0.2, 0) is 0 Å². The fraction of sp³-hybridized carbons (Fsp3) is 0.250. The van der Waals surface area contributed by atoms with Crippen LogP contribution >= 0.6 is 0 Å². The van der Waals surface area contributed by atoms with E-state index in [0.29, 0.717) is 0 Å². The molecule has 2 N–H and O–H groups in total. The molecule has 0 bridgehead atoms. The zero-order chi connectivity index (χ0) is 11.4. The molecule has 0 radical (unpaired) electrons. The molecule has 7 nitrogen and oxygen atoms in total. The van der Waals surface area contributed by atoms with Crippen LogP contribution < -0.4 is 5.73 Å². The van der Waals surface area contributed by atoms with Crippen LogP contribution in [0.1, 0.15) is 11.6 Å². The second kappa shape index (κ2) is 4.47. The van der Waals surface area contributed by atoms with Gasteiger partial charge in [-0.2, -0.15) is 0 Å². The lowest BCUT2D eigenvalue weighted by molar-refractivity contribution is -0.526. The van der Waals surface area contributed by atoms with E-state index < -0.39 is 15.9 Å². The summed E-state index contributed by atoms with van der Waals surface area (Å²) in [6.07, 6.45) is 0. The van der Waals surface area contributed by atoms with E-state index in [4.69, 9.17) is 5.73 Å². The van der Waals surface area contributed by atoms with Gasteiger partial charge in [0.05, 0.1) is 11.5 Å². The van der Waals surface area contributed by atoms with Crippen LogP contribution in [0.25, 0.3) is 0 Å². The molecule has 1 unspecified atom stereocenters. The van der Waals surface area contributed by atoms with Crippen LogP contribution in [0.3, 0.4) is 0 Å². The predicted octanol–water partition coefficient (Wildman–Crippen LogP) is 0.871. The van der Waals surface area contributed by atoms with Gasteiger partial charge in [-0.15, -0.1) is 0 Å². The number of nitro groups is 2. The normalized spacial score (nSPS) is 12.1. The van der Waals surface area contributed by atoms with Crippen LogP contribution in [0.4, 0.5) is 5.69 Å². The molecular formula is C8H9N3O4. The molecule has 1 aromatic carbocycles. The number of nitrogens with zero attached hydrogens (tertiary/aromatic N) is 2. The maximum atomic E-state index is 10.6. The number of non-ortho nitro benzene ring substituents is 1. The zero-order valence-corrected chi connectivity index (χ0v) is 7.70. The summed E-state index contributed by atoms with van der Waals surface area (Å²) >= 11 is 0. The minimum atomic E-state index is -1.09. The Morgan fingerprint density at radius 1 is 1.33 bits per heavy atom. The maximum absolute atomic E-state index is 10.6. The molecule has 0 spiro atoms. The lowest BCUT2D eigenvalue weighted by Gasteiger charge is -2.06. The van der Waals surface area contributed by atoms with Gasteiger partial charge in [0.15, 0.2) is 0 Å². The first-order chi connectivity index (χ1) is 7.06. The molecule has 80 valence electrons. The highest BCUT2D eigenvalue weighted by Crippen LogP contribution is 2.20. The first-order valence-corrected chi connectivity index (χ1v) is 4.14. The monoisotopic (exact) mass is 211 g/mol. The number of hydrogen-bond acceptors (Lipinski definition) is 5. The molecule has 0 fully saturated rings. The molecule has 0 aromatic heterocycles. The summed E-state index contributed by atoms with van der Waals surface area (Å²) in [5.41, 5.74) is 5.29. The van der Waals surface area contributed by atoms with E-state index >= 15 is 0 Å². The molecule has 0 amide bonds. The number of benzene rings is 1. The van der Waals surface area contributed by atoms with Crippen molar-refractivity contribution in [1.29, 1.82) is 0 Å². The number of hydrogen-bond donors (Lipinski definition) is 1. The molecule has 0 heterocycles. The van der Waals surface area contributed by atoms with Crippen molar-refractivity contribution in [2.45, 2.75) is 6.04 Å². The van der Waals surface area contributed by atoms with Crippen LogP contribution in [0.2, 0.25) is 0 Å². The van der Waals surface area contributed by atoms with E-state index in [2.05, 4.69) is 0 Å². The Labute approximate surface area is 84.8 Å². The highest BCUT2D eigenvalue weighted by Gasteiger charge is 2.22. The van der Waals surface area contributed by atoms with E-state index in [-0.39, 0.29) is 17.8 Å². The lowest BCUT2D eigenvalue weighted by atomic mass is 10.1. The highest BCUT2D eigenvalue weighted by atomic mass is 16.6. The zero-order valence-electron chi connectivity index (χ0n) is 7.70. The summed E-state index contributed by atoms with van der Waals surface area (Å²) in [7, 11) is 0. The Morgan fingerprint density at radius 3 is 2.47 bits per heavy atom. The fourth-order valence-electron chi connectivity index (χ4n) is 1.19. The Hall–Kier alpha value is -2.02. The Kier molecular flexibility index (Phi) is 3.29. The van der Waals surface area contributed by atoms with Crippen LogP contribution in [0.5, 0.6) is 0 Å². The molecule has 0 saturated heterocycles. The van der Waals surface area contributed by atoms with Crippen LogP contribution in [0.15, 0.2) is 24.3 Å². The molecular weight excluding hydrogens is 202 g/mol. The topological polar surface area (TPSA) is 112 Å². The average molecular weight is 211 g/mol. The first kappa shape index (κ1) is 11.1. The van der Waals surface area contributed by atoms with Gasteiger partial charge in [0.25, 0.3) is 5.69 Å². The summed E-state index contributed by atoms with van der Waals surface area (Å²) < 4.78 is 0. The quantitative estimate of drug-likeness (QED) is 0.586. The molecule has 0 saturated carbocycles. The Balaban J connectivity index is 3.08. The van der Waals surface area contributed by atoms with Gasteiger partial charge >= 0.3 is 0 Å². The van der Waals surface area contributed by atoms with E-state index in [1.165, 1.54) is 24.3 Å². The summed E-state index contributed by atoms with van der Waals surface area (Å²) in [5.74, 6) is 0. The summed E-state index contributed by atoms with van der Waals surface area (Å²) in [6.45, 7) is -0.186. The first-order valence-electron chi connectivity index (χ1n) is 4.14. The molecule has 1 atom stereocenters. The second-order valence-electron chi connectivity index (χ2n) is 2.89. The van der Waals surface area contributed by atoms with Crippen LogP contribution in [0, 0.1) is 20.2 Å². The van der Waals surface area contributed by atoms with Crippen molar-refractivity contribution in [3.05, 3.63) is 50.1 Å². The van der Waals surface area contributed by atoms with Crippen molar-refractivity contribution in [2.24, 2.45) is 5.73 Å². The Morgan fingerprint density at radius 2 is 2.00 bits per heavy atom. The van der Waals surface area contributed by atoms with Crippen molar-refractivity contribution in [3.63, 3.8) is 0 Å². The van der Waals surface area contributed by atoms with Crippen molar-refractivity contribution in [3.8, 4) is 0 Å². The average Bonchev–Trinajstić information content (AvgIpc) is 2.18. The minimum Gasteiger partial charge on any atom is -0.324 e. The largest absolute Gasteiger partial charge is 0.324 e. The summed E-state index contributed by atoms with van der Waals surface area (Å²) in [5, 5.41) is 21.0. The SMILES string of the molecule is NCC(c1cccc([N+](=O)[O-])c1)[N+](=O)[O-]. The van der Waals surface area contributed by atoms with Gasteiger partial charge in [-0.3, -0.25) is 20.2 Å². The minimum absolute atomic E-state index is 0.173. The van der Waals surface area contributed by atoms with Crippen molar-refractivity contribution >= 4 is 5.69 Å². The maximum Gasteiger partial charge on any atom is 0.269 e. The van der Waals surface area contributed by atoms with Gasteiger partial charge in [0.1, 0.15) is 0 Å². The molecule has 7 heteroatoms. The van der Waals surface area contributed by atoms with E-state index in [0.717, 1.165) is 0 Å². The third-order valence-electron chi connectivity index (χ3n) is 1.94. The Bertz CT molecular complexity index is 393. The summed E-state index contributed by atoms with van der Waals surface area (Å²) in [6, 6.07) is 4.20. The van der Waals surface area contributed by atoms with E-state index in [1.807, 2.05) is 0 Å². The van der Waals surface area contributed by atoms with Gasteiger partial charge < -0.3 is 5.73 Å². The van der Waals surface area contributed by atoms with Crippen molar-refractivity contribution in [2.75, 3.05) is 6.54 Å². The van der Waals surface area contributed by atoms with Gasteiger partial charge in [0.2, 0.25) is 6.04 Å². The molecule has 1 rings (SSSR count). The van der Waals surface area contributed by atoms with Crippen molar-refractivity contribution in [1.82, 2.24) is 0 Å². The van der Waals surface area contributed by atoms with Crippen LogP contribution in [-0.4, -0.2) is 16.4 Å². The predicted molar refractivity (Wildman–Crippen MR) is 51.9 cm³/mol. The van der Waals surface area contributed by atoms with Crippen molar-refractivity contribution < 1.29 is 9.85 Å². The smallest absolute Gasteiger partial charge is 0.269 e. The molecule has 0 aliphatic rings. The van der Waals surface area contributed by atoms with Gasteiger partial charge in [-0.25, -0.2) is 0 Å². The number of nitrogens with two attached hydrogens (primary N) is 1. The fourth-order valence-corrected chi connectivity index (χ4v) is 1.19. The third kappa shape index (κ3) is 2.47. The number of nitro benzene ring substituents is 1. The van der Waals surface area contributed by atoms with E-state index in [1.54, 1.807) is 0 Å². The molecule has 0 aliphatic heterocycles. The standard InChI is InChI=1S/C8H9N3O4/c9-5-8(11(14)15)6-2-1-3-7(4-6)10(12)13/h1-4,8H,5,9H2. The molecule has 0 aliphatic carbocycles.